The molecule has 8 heteroatoms. The summed E-state index contributed by atoms with van der Waals surface area (Å²) in [6, 6.07) is 19.6. The number of rotatable bonds is 9. The Morgan fingerprint density at radius 1 is 1.03 bits per heavy atom. The highest BCUT2D eigenvalue weighted by Crippen LogP contribution is 2.31. The number of nitro benzene ring substituents is 1. The van der Waals surface area contributed by atoms with Gasteiger partial charge in [0.15, 0.2) is 11.5 Å². The van der Waals surface area contributed by atoms with Crippen molar-refractivity contribution in [2.24, 2.45) is 0 Å². The van der Waals surface area contributed by atoms with E-state index in [1.54, 1.807) is 48.5 Å². The molecule has 0 saturated heterocycles. The second-order valence-corrected chi connectivity index (χ2v) is 6.90. The first kappa shape index (κ1) is 23.0. The van der Waals surface area contributed by atoms with E-state index in [9.17, 15) is 20.2 Å². The van der Waals surface area contributed by atoms with Crippen molar-refractivity contribution in [1.82, 2.24) is 0 Å². The van der Waals surface area contributed by atoms with Crippen LogP contribution in [0.15, 0.2) is 66.7 Å². The molecule has 0 bridgehead atoms. The lowest BCUT2D eigenvalue weighted by Crippen LogP contribution is -2.00. The van der Waals surface area contributed by atoms with Gasteiger partial charge >= 0.3 is 5.97 Å². The summed E-state index contributed by atoms with van der Waals surface area (Å²) in [4.78, 5) is 21.3. The van der Waals surface area contributed by atoms with Gasteiger partial charge in [0, 0.05) is 12.1 Å². The molecular weight excluding hydrogens is 424 g/mol. The Morgan fingerprint density at radius 3 is 2.27 bits per heavy atom. The van der Waals surface area contributed by atoms with Crippen LogP contribution in [0.2, 0.25) is 0 Å². The van der Waals surface area contributed by atoms with Crippen molar-refractivity contribution in [2.75, 3.05) is 6.61 Å². The monoisotopic (exact) mass is 444 g/mol. The Balaban J connectivity index is 1.81. The molecule has 33 heavy (non-hydrogen) atoms. The molecule has 0 fully saturated rings. The molecule has 0 spiro atoms. The van der Waals surface area contributed by atoms with Crippen LogP contribution in [-0.2, 0) is 6.61 Å². The topological polar surface area (TPSA) is 123 Å². The van der Waals surface area contributed by atoms with E-state index in [-0.39, 0.29) is 17.9 Å². The zero-order valence-electron chi connectivity index (χ0n) is 17.7. The maximum atomic E-state index is 11.0. The largest absolute Gasteiger partial charge is 0.490 e. The fourth-order valence-electron chi connectivity index (χ4n) is 3.02. The Labute approximate surface area is 190 Å². The van der Waals surface area contributed by atoms with Crippen molar-refractivity contribution >= 4 is 23.3 Å². The lowest BCUT2D eigenvalue weighted by Gasteiger charge is -2.13. The normalized spacial score (nSPS) is 10.8. The van der Waals surface area contributed by atoms with Gasteiger partial charge in [-0.2, -0.15) is 5.26 Å². The van der Waals surface area contributed by atoms with E-state index in [1.807, 2.05) is 6.92 Å². The lowest BCUT2D eigenvalue weighted by atomic mass is 10.0. The number of hydrogen-bond acceptors (Lipinski definition) is 6. The molecule has 0 aliphatic heterocycles. The Morgan fingerprint density at radius 2 is 1.70 bits per heavy atom. The number of carboxylic acids is 1. The molecule has 0 heterocycles. The highest BCUT2D eigenvalue weighted by atomic mass is 16.6. The van der Waals surface area contributed by atoms with E-state index in [2.05, 4.69) is 6.07 Å². The minimum absolute atomic E-state index is 0.00999. The van der Waals surface area contributed by atoms with Crippen LogP contribution in [0.4, 0.5) is 5.69 Å². The van der Waals surface area contributed by atoms with Gasteiger partial charge < -0.3 is 14.6 Å². The van der Waals surface area contributed by atoms with Gasteiger partial charge in [-0.1, -0.05) is 18.2 Å². The van der Waals surface area contributed by atoms with Crippen LogP contribution in [0.1, 0.15) is 34.0 Å². The highest BCUT2D eigenvalue weighted by molar-refractivity contribution is 5.92. The van der Waals surface area contributed by atoms with Crippen LogP contribution in [0.25, 0.3) is 11.6 Å². The maximum Gasteiger partial charge on any atom is 0.335 e. The van der Waals surface area contributed by atoms with E-state index >= 15 is 0 Å². The molecule has 0 aromatic heterocycles. The minimum atomic E-state index is -1.03. The average molecular weight is 444 g/mol. The van der Waals surface area contributed by atoms with Crippen molar-refractivity contribution < 1.29 is 24.3 Å². The summed E-state index contributed by atoms with van der Waals surface area (Å²) in [6.45, 7) is 2.45. The number of hydrogen-bond donors (Lipinski definition) is 1. The van der Waals surface area contributed by atoms with E-state index in [0.29, 0.717) is 34.8 Å². The number of benzene rings is 3. The summed E-state index contributed by atoms with van der Waals surface area (Å²) in [5, 5.41) is 29.4. The van der Waals surface area contributed by atoms with Gasteiger partial charge in [0.05, 0.1) is 28.7 Å². The molecule has 8 nitrogen and oxygen atoms in total. The van der Waals surface area contributed by atoms with Crippen molar-refractivity contribution in [1.29, 1.82) is 5.26 Å². The lowest BCUT2D eigenvalue weighted by molar-refractivity contribution is -0.384. The first-order valence-corrected chi connectivity index (χ1v) is 9.99. The van der Waals surface area contributed by atoms with E-state index in [0.717, 1.165) is 5.56 Å². The second-order valence-electron chi connectivity index (χ2n) is 6.90. The SMILES string of the molecule is CCOc1cc(/C=C(/C#N)c2ccc(C(=O)O)cc2)ccc1OCc1ccc([N+](=O)[O-])cc1. The summed E-state index contributed by atoms with van der Waals surface area (Å²) >= 11 is 0. The number of allylic oxidation sites excluding steroid dienone is 1. The van der Waals surface area contributed by atoms with Gasteiger partial charge in [0.2, 0.25) is 0 Å². The predicted octanol–water partition coefficient (Wildman–Crippen LogP) is 5.33. The Kier molecular flexibility index (Phi) is 7.39. The molecule has 3 aromatic rings. The van der Waals surface area contributed by atoms with Gasteiger partial charge in [-0.25, -0.2) is 4.79 Å². The van der Waals surface area contributed by atoms with Crippen molar-refractivity contribution in [2.45, 2.75) is 13.5 Å². The van der Waals surface area contributed by atoms with Gasteiger partial charge in [-0.15, -0.1) is 0 Å². The molecule has 0 aliphatic rings. The van der Waals surface area contributed by atoms with Gasteiger partial charge in [0.1, 0.15) is 6.61 Å². The number of carboxylic acid groups (broad SMARTS) is 1. The fourth-order valence-corrected chi connectivity index (χ4v) is 3.02. The number of nitrogens with zero attached hydrogens (tertiary/aromatic N) is 2. The molecule has 3 rings (SSSR count). The van der Waals surface area contributed by atoms with Crippen LogP contribution < -0.4 is 9.47 Å². The maximum absolute atomic E-state index is 11.0. The first-order chi connectivity index (χ1) is 15.9. The van der Waals surface area contributed by atoms with Crippen LogP contribution in [0, 0.1) is 21.4 Å². The highest BCUT2D eigenvalue weighted by Gasteiger charge is 2.10. The summed E-state index contributed by atoms with van der Waals surface area (Å²) in [5.74, 6) is -0.0435. The number of aromatic carboxylic acids is 1. The quantitative estimate of drug-likeness (QED) is 0.205. The van der Waals surface area contributed by atoms with E-state index < -0.39 is 10.9 Å². The average Bonchev–Trinajstić information content (AvgIpc) is 2.82. The molecular formula is C25H20N2O6. The summed E-state index contributed by atoms with van der Waals surface area (Å²) in [6.07, 6.45) is 1.68. The van der Waals surface area contributed by atoms with Crippen LogP contribution >= 0.6 is 0 Å². The standard InChI is InChI=1S/C25H20N2O6/c1-2-32-24-14-18(13-21(15-26)19-6-8-20(9-7-19)25(28)29)5-12-23(24)33-16-17-3-10-22(11-4-17)27(30)31/h3-14H,2,16H2,1H3,(H,28,29)/b21-13-. The molecule has 0 unspecified atom stereocenters. The van der Waals surface area contributed by atoms with Crippen molar-refractivity contribution in [3.05, 3.63) is 99.1 Å². The number of nitriles is 1. The Bertz CT molecular complexity index is 1230. The third kappa shape index (κ3) is 5.95. The molecule has 0 atom stereocenters. The van der Waals surface area contributed by atoms with Crippen LogP contribution in [0.3, 0.4) is 0 Å². The van der Waals surface area contributed by atoms with E-state index in [4.69, 9.17) is 14.6 Å². The smallest absolute Gasteiger partial charge is 0.335 e. The second kappa shape index (κ2) is 10.6. The minimum Gasteiger partial charge on any atom is -0.490 e. The summed E-state index contributed by atoms with van der Waals surface area (Å²) < 4.78 is 11.5. The van der Waals surface area contributed by atoms with Crippen molar-refractivity contribution in [3.63, 3.8) is 0 Å². The molecule has 1 N–H and O–H groups in total. The predicted molar refractivity (Wildman–Crippen MR) is 122 cm³/mol. The van der Waals surface area contributed by atoms with Crippen LogP contribution in [-0.4, -0.2) is 22.6 Å². The fraction of sp³-hybridized carbons (Fsp3) is 0.120. The first-order valence-electron chi connectivity index (χ1n) is 9.99. The molecule has 0 amide bonds. The number of ether oxygens (including phenoxy) is 2. The number of nitro groups is 1. The van der Waals surface area contributed by atoms with Gasteiger partial charge in [0.25, 0.3) is 5.69 Å². The third-order valence-electron chi connectivity index (χ3n) is 4.68. The number of carbonyl (C=O) groups is 1. The molecule has 0 aliphatic carbocycles. The third-order valence-corrected chi connectivity index (χ3v) is 4.68. The molecule has 3 aromatic carbocycles. The van der Waals surface area contributed by atoms with Gasteiger partial charge in [-0.3, -0.25) is 10.1 Å². The zero-order valence-corrected chi connectivity index (χ0v) is 17.7. The Hall–Kier alpha value is -4.64. The summed E-state index contributed by atoms with van der Waals surface area (Å²) in [7, 11) is 0. The molecule has 0 saturated carbocycles. The van der Waals surface area contributed by atoms with E-state index in [1.165, 1.54) is 24.3 Å². The van der Waals surface area contributed by atoms with Crippen LogP contribution in [0.5, 0.6) is 11.5 Å². The number of non-ortho nitro benzene ring substituents is 1. The zero-order chi connectivity index (χ0) is 23.8. The molecule has 0 radical (unpaired) electrons. The van der Waals surface area contributed by atoms with Gasteiger partial charge in [-0.05, 0) is 66.1 Å². The van der Waals surface area contributed by atoms with Crippen molar-refractivity contribution in [3.8, 4) is 17.6 Å². The summed E-state index contributed by atoms with van der Waals surface area (Å²) in [5.41, 5.74) is 2.59. The molecule has 166 valence electrons.